The molecule has 1 aliphatic heterocycles. The molecule has 0 bridgehead atoms. The van der Waals surface area contributed by atoms with Crippen molar-refractivity contribution in [2.45, 2.75) is 17.8 Å². The number of carbonyl (C=O) groups excluding carboxylic acids is 2. The number of nitrogens with one attached hydrogen (secondary N) is 1. The summed E-state index contributed by atoms with van der Waals surface area (Å²) < 4.78 is 6.03. The van der Waals surface area contributed by atoms with E-state index in [0.717, 1.165) is 0 Å². The van der Waals surface area contributed by atoms with E-state index in [0.29, 0.717) is 15.1 Å². The van der Waals surface area contributed by atoms with Gasteiger partial charge in [0, 0.05) is 16.6 Å². The topological polar surface area (TPSA) is 119 Å². The van der Waals surface area contributed by atoms with E-state index in [-0.39, 0.29) is 24.6 Å². The molecule has 0 aliphatic carbocycles. The maximum Gasteiger partial charge on any atom is 0.277 e. The largest absolute Gasteiger partial charge is 0.387 e. The zero-order valence-electron chi connectivity index (χ0n) is 15.4. The summed E-state index contributed by atoms with van der Waals surface area (Å²) in [5.41, 5.74) is -1.21. The minimum Gasteiger partial charge on any atom is -0.387 e. The van der Waals surface area contributed by atoms with Crippen LogP contribution in [0.5, 0.6) is 0 Å². The Hall–Kier alpha value is -2.30. The number of aliphatic hydroxyl groups excluding tert-OH is 1. The molecule has 1 fully saturated rings. The summed E-state index contributed by atoms with van der Waals surface area (Å²) in [5, 5.41) is 34.2. The van der Waals surface area contributed by atoms with E-state index in [9.17, 15) is 25.0 Å². The number of rotatable bonds is 6. The highest BCUT2D eigenvalue weighted by Crippen LogP contribution is 2.26. The maximum absolute atomic E-state index is 12.3. The Morgan fingerprint density at radius 1 is 1.17 bits per heavy atom. The van der Waals surface area contributed by atoms with Crippen LogP contribution in [0.15, 0.2) is 59.1 Å². The number of aliphatic hydroxyl groups is 2. The van der Waals surface area contributed by atoms with Crippen LogP contribution in [0.2, 0.25) is 0 Å². The monoisotopic (exact) mass is 464 g/mol. The van der Waals surface area contributed by atoms with Crippen molar-refractivity contribution in [3.05, 3.63) is 70.2 Å². The van der Waals surface area contributed by atoms with Crippen LogP contribution in [0.4, 0.5) is 0 Å². The van der Waals surface area contributed by atoms with Crippen molar-refractivity contribution in [2.75, 3.05) is 19.7 Å². The molecular formula is C20H21BrN2O6. The first kappa shape index (κ1) is 21.4. The second kappa shape index (κ2) is 9.02. The van der Waals surface area contributed by atoms with Gasteiger partial charge >= 0.3 is 0 Å². The van der Waals surface area contributed by atoms with E-state index in [1.165, 1.54) is 12.1 Å². The van der Waals surface area contributed by atoms with Gasteiger partial charge in [-0.25, -0.2) is 5.06 Å². The Morgan fingerprint density at radius 3 is 2.52 bits per heavy atom. The van der Waals surface area contributed by atoms with Crippen LogP contribution in [0, 0.1) is 0 Å². The zero-order valence-corrected chi connectivity index (χ0v) is 16.9. The maximum atomic E-state index is 12.3. The van der Waals surface area contributed by atoms with E-state index < -0.39 is 30.3 Å². The molecule has 0 unspecified atom stereocenters. The second-order valence-electron chi connectivity index (χ2n) is 6.82. The number of ether oxygens (including phenoxy) is 1. The predicted octanol–water partition coefficient (Wildman–Crippen LogP) is 1.20. The molecule has 3 atom stereocenters. The average molecular weight is 465 g/mol. The van der Waals surface area contributed by atoms with E-state index in [4.69, 9.17) is 4.74 Å². The summed E-state index contributed by atoms with van der Waals surface area (Å²) in [5.74, 6) is -1.08. The van der Waals surface area contributed by atoms with Crippen molar-refractivity contribution in [1.82, 2.24) is 10.4 Å². The zero-order chi connectivity index (χ0) is 21.0. The fraction of sp³-hybridized carbons (Fsp3) is 0.300. The molecule has 1 aliphatic rings. The third-order valence-electron chi connectivity index (χ3n) is 4.71. The van der Waals surface area contributed by atoms with Crippen LogP contribution in [0.1, 0.15) is 20.7 Å². The van der Waals surface area contributed by atoms with Gasteiger partial charge in [-0.1, -0.05) is 30.3 Å². The van der Waals surface area contributed by atoms with Crippen LogP contribution in [0.25, 0.3) is 0 Å². The van der Waals surface area contributed by atoms with Gasteiger partial charge in [0.2, 0.25) is 0 Å². The number of halogens is 1. The van der Waals surface area contributed by atoms with Gasteiger partial charge in [0.15, 0.2) is 0 Å². The number of nitrogens with zero attached hydrogens (tertiary/aromatic N) is 1. The summed E-state index contributed by atoms with van der Waals surface area (Å²) in [4.78, 5) is 24.5. The number of amides is 2. The number of hydrogen-bond donors (Lipinski definition) is 4. The molecule has 0 aromatic heterocycles. The molecule has 0 saturated carbocycles. The molecule has 154 valence electrons. The Morgan fingerprint density at radius 2 is 1.83 bits per heavy atom. The van der Waals surface area contributed by atoms with E-state index in [2.05, 4.69) is 21.2 Å². The first-order valence-electron chi connectivity index (χ1n) is 8.92. The summed E-state index contributed by atoms with van der Waals surface area (Å²) >= 11 is 3.29. The molecule has 2 aromatic rings. The summed E-state index contributed by atoms with van der Waals surface area (Å²) in [6.07, 6.45) is -2.31. The fourth-order valence-corrected chi connectivity index (χ4v) is 3.54. The van der Waals surface area contributed by atoms with Gasteiger partial charge < -0.3 is 20.3 Å². The first-order chi connectivity index (χ1) is 13.8. The van der Waals surface area contributed by atoms with Crippen LogP contribution >= 0.6 is 15.9 Å². The average Bonchev–Trinajstić information content (AvgIpc) is 3.00. The van der Waals surface area contributed by atoms with Crippen LogP contribution in [-0.4, -0.2) is 69.8 Å². The van der Waals surface area contributed by atoms with Gasteiger partial charge in [0.1, 0.15) is 17.8 Å². The molecule has 3 rings (SSSR count). The summed E-state index contributed by atoms with van der Waals surface area (Å²) in [6, 6.07) is 14.9. The molecule has 2 aromatic carbocycles. The molecule has 2 amide bonds. The lowest BCUT2D eigenvalue weighted by molar-refractivity contribution is -0.133. The Bertz CT molecular complexity index is 880. The van der Waals surface area contributed by atoms with Gasteiger partial charge in [-0.2, -0.15) is 0 Å². The number of hydrogen-bond acceptors (Lipinski definition) is 6. The van der Waals surface area contributed by atoms with Crippen molar-refractivity contribution in [2.24, 2.45) is 0 Å². The van der Waals surface area contributed by atoms with Gasteiger partial charge in [-0.15, -0.1) is 0 Å². The molecule has 4 N–H and O–H groups in total. The molecule has 1 saturated heterocycles. The second-order valence-corrected chi connectivity index (χ2v) is 7.67. The lowest BCUT2D eigenvalue weighted by atomic mass is 9.96. The van der Waals surface area contributed by atoms with Crippen molar-refractivity contribution in [3.63, 3.8) is 0 Å². The molecule has 8 nitrogen and oxygen atoms in total. The third-order valence-corrected chi connectivity index (χ3v) is 5.40. The SMILES string of the molecule is O=C(NC[C@H]1OC[C@@](O)(CN(O)C(=O)c2ccccc2)[C@@H]1O)c1ccccc1Br. The molecule has 29 heavy (non-hydrogen) atoms. The lowest BCUT2D eigenvalue weighted by Gasteiger charge is -2.29. The number of benzene rings is 2. The lowest BCUT2D eigenvalue weighted by Crippen LogP contribution is -2.54. The van der Waals surface area contributed by atoms with Gasteiger partial charge in [-0.3, -0.25) is 14.8 Å². The highest BCUT2D eigenvalue weighted by Gasteiger charge is 2.49. The van der Waals surface area contributed by atoms with Gasteiger partial charge in [-0.05, 0) is 40.2 Å². The summed E-state index contributed by atoms with van der Waals surface area (Å²) in [7, 11) is 0. The Kier molecular flexibility index (Phi) is 6.66. The van der Waals surface area contributed by atoms with E-state index >= 15 is 0 Å². The minimum absolute atomic E-state index is 0.0539. The van der Waals surface area contributed by atoms with Crippen molar-refractivity contribution < 1.29 is 29.7 Å². The third kappa shape index (κ3) is 4.82. The smallest absolute Gasteiger partial charge is 0.277 e. The quantitative estimate of drug-likeness (QED) is 0.376. The standard InChI is InChI=1S/C20H21BrN2O6/c21-15-9-5-4-8-14(15)18(25)22-10-16-17(24)20(27,12-29-16)11-23(28)19(26)13-6-2-1-3-7-13/h1-9,16-17,24,27-28H,10-12H2,(H,22,25)/t16-,17-,20+/m1/s1. The fourth-order valence-electron chi connectivity index (χ4n) is 3.08. The highest BCUT2D eigenvalue weighted by molar-refractivity contribution is 9.10. The molecular weight excluding hydrogens is 444 g/mol. The minimum atomic E-state index is -1.87. The van der Waals surface area contributed by atoms with Gasteiger partial charge in [0.05, 0.1) is 18.7 Å². The molecule has 1 heterocycles. The van der Waals surface area contributed by atoms with Crippen LogP contribution < -0.4 is 5.32 Å². The van der Waals surface area contributed by atoms with Crippen molar-refractivity contribution >= 4 is 27.7 Å². The highest BCUT2D eigenvalue weighted by atomic mass is 79.9. The Labute approximate surface area is 175 Å². The van der Waals surface area contributed by atoms with E-state index in [1.807, 2.05) is 0 Å². The molecule has 0 radical (unpaired) electrons. The number of hydroxylamine groups is 2. The first-order valence-corrected chi connectivity index (χ1v) is 9.72. The predicted molar refractivity (Wildman–Crippen MR) is 106 cm³/mol. The summed E-state index contributed by atoms with van der Waals surface area (Å²) in [6.45, 7) is -0.902. The molecule has 0 spiro atoms. The number of carbonyl (C=O) groups is 2. The van der Waals surface area contributed by atoms with Crippen LogP contribution in [0.3, 0.4) is 0 Å². The van der Waals surface area contributed by atoms with Gasteiger partial charge in [0.25, 0.3) is 11.8 Å². The van der Waals surface area contributed by atoms with Crippen molar-refractivity contribution in [3.8, 4) is 0 Å². The van der Waals surface area contributed by atoms with E-state index in [1.54, 1.807) is 42.5 Å². The Balaban J connectivity index is 1.58. The van der Waals surface area contributed by atoms with Crippen LogP contribution in [-0.2, 0) is 4.74 Å². The normalized spacial score (nSPS) is 23.6. The van der Waals surface area contributed by atoms with Crippen molar-refractivity contribution in [1.29, 1.82) is 0 Å². The molecule has 9 heteroatoms.